The molecule has 2 aromatic carbocycles. The molecule has 0 atom stereocenters. The second-order valence-electron chi connectivity index (χ2n) is 8.40. The molecule has 2 fully saturated rings. The molecule has 0 unspecified atom stereocenters. The zero-order chi connectivity index (χ0) is 22.7. The summed E-state index contributed by atoms with van der Waals surface area (Å²) in [6.07, 6.45) is 2.20. The SMILES string of the molecule is CC(C)NC(=O)c1cc(C#N)cc(Nc2ccc(C(=N)N=C3NCCN3)cc2C2CC2)c1. The molecule has 8 heteroatoms. The predicted octanol–water partition coefficient (Wildman–Crippen LogP) is 3.19. The van der Waals surface area contributed by atoms with Gasteiger partial charge in [0.1, 0.15) is 0 Å². The van der Waals surface area contributed by atoms with Gasteiger partial charge in [0.2, 0.25) is 0 Å². The van der Waals surface area contributed by atoms with Gasteiger partial charge in [-0.1, -0.05) is 0 Å². The fourth-order valence-electron chi connectivity index (χ4n) is 3.63. The number of nitrogens with one attached hydrogen (secondary N) is 5. The number of aliphatic imine (C=N–C) groups is 1. The quantitative estimate of drug-likeness (QED) is 0.356. The number of benzene rings is 2. The summed E-state index contributed by atoms with van der Waals surface area (Å²) in [5.74, 6) is 1.06. The van der Waals surface area contributed by atoms with Crippen LogP contribution in [0.15, 0.2) is 41.4 Å². The minimum Gasteiger partial charge on any atom is -0.355 e. The van der Waals surface area contributed by atoms with Crippen molar-refractivity contribution in [3.05, 3.63) is 58.7 Å². The Balaban J connectivity index is 1.61. The van der Waals surface area contributed by atoms with E-state index in [9.17, 15) is 10.1 Å². The Bertz CT molecular complexity index is 1120. The van der Waals surface area contributed by atoms with Gasteiger partial charge in [0, 0.05) is 41.6 Å². The summed E-state index contributed by atoms with van der Waals surface area (Å²) in [6, 6.07) is 13.1. The molecule has 2 aromatic rings. The lowest BCUT2D eigenvalue weighted by molar-refractivity contribution is 0.0943. The van der Waals surface area contributed by atoms with Gasteiger partial charge in [-0.3, -0.25) is 10.2 Å². The highest BCUT2D eigenvalue weighted by Gasteiger charge is 2.27. The second-order valence-corrected chi connectivity index (χ2v) is 8.40. The van der Waals surface area contributed by atoms with E-state index in [-0.39, 0.29) is 17.8 Å². The maximum Gasteiger partial charge on any atom is 0.251 e. The predicted molar refractivity (Wildman–Crippen MR) is 126 cm³/mol. The second kappa shape index (κ2) is 9.10. The molecule has 2 aliphatic rings. The Morgan fingerprint density at radius 2 is 1.91 bits per heavy atom. The normalized spacial score (nSPS) is 14.9. The number of nitrogens with zero attached hydrogens (tertiary/aromatic N) is 2. The van der Waals surface area contributed by atoms with Crippen LogP contribution in [0.25, 0.3) is 0 Å². The molecule has 5 N–H and O–H groups in total. The van der Waals surface area contributed by atoms with Crippen LogP contribution < -0.4 is 21.3 Å². The summed E-state index contributed by atoms with van der Waals surface area (Å²) in [5.41, 5.74) is 4.33. The molecule has 164 valence electrons. The molecule has 0 aromatic heterocycles. The van der Waals surface area contributed by atoms with Gasteiger partial charge in [-0.25, -0.2) is 0 Å². The van der Waals surface area contributed by atoms with Crippen LogP contribution in [0.1, 0.15) is 59.7 Å². The molecule has 0 bridgehead atoms. The highest BCUT2D eigenvalue weighted by molar-refractivity contribution is 6.05. The number of nitriles is 1. The number of carbonyl (C=O) groups excluding carboxylic acids is 1. The van der Waals surface area contributed by atoms with Crippen molar-refractivity contribution < 1.29 is 4.79 Å². The molecule has 0 radical (unpaired) electrons. The third kappa shape index (κ3) is 5.06. The first-order valence-corrected chi connectivity index (χ1v) is 10.9. The minimum absolute atomic E-state index is 0.00666. The summed E-state index contributed by atoms with van der Waals surface area (Å²) in [6.45, 7) is 5.41. The lowest BCUT2D eigenvalue weighted by atomic mass is 10.0. The standard InChI is InChI=1S/C24H27N7O/c1-14(2)29-23(32)18-9-15(13-25)10-19(11-18)30-21-6-5-17(12-20(21)16-3-4-16)22(26)31-24-27-7-8-28-24/h5-6,9-12,14,16,30H,3-4,7-8H2,1-2H3,(H,29,32)(H3,26,27,28,31). The highest BCUT2D eigenvalue weighted by Crippen LogP contribution is 2.44. The number of hydrogen-bond donors (Lipinski definition) is 5. The lowest BCUT2D eigenvalue weighted by Crippen LogP contribution is -2.30. The fraction of sp³-hybridized carbons (Fsp3) is 0.333. The number of rotatable bonds is 6. The van der Waals surface area contributed by atoms with Gasteiger partial charge in [0.05, 0.1) is 11.6 Å². The first kappa shape index (κ1) is 21.4. The van der Waals surface area contributed by atoms with Gasteiger partial charge >= 0.3 is 0 Å². The third-order valence-electron chi connectivity index (χ3n) is 5.30. The first-order chi connectivity index (χ1) is 15.4. The topological polar surface area (TPSA) is 125 Å². The number of anilines is 2. The van der Waals surface area contributed by atoms with Crippen LogP contribution in [0.4, 0.5) is 11.4 Å². The van der Waals surface area contributed by atoms with Crippen LogP contribution in [-0.2, 0) is 0 Å². The third-order valence-corrected chi connectivity index (χ3v) is 5.30. The number of carbonyl (C=O) groups is 1. The zero-order valence-corrected chi connectivity index (χ0v) is 18.2. The van der Waals surface area contributed by atoms with E-state index < -0.39 is 0 Å². The van der Waals surface area contributed by atoms with Crippen molar-refractivity contribution in [2.24, 2.45) is 4.99 Å². The highest BCUT2D eigenvalue weighted by atomic mass is 16.1. The summed E-state index contributed by atoms with van der Waals surface area (Å²) < 4.78 is 0. The van der Waals surface area contributed by atoms with Gasteiger partial charge in [0.15, 0.2) is 11.8 Å². The minimum atomic E-state index is -0.209. The van der Waals surface area contributed by atoms with Gasteiger partial charge in [-0.2, -0.15) is 10.3 Å². The molecule has 32 heavy (non-hydrogen) atoms. The Kier molecular flexibility index (Phi) is 6.08. The van der Waals surface area contributed by atoms with Crippen LogP contribution in [0.5, 0.6) is 0 Å². The molecular weight excluding hydrogens is 402 g/mol. The van der Waals surface area contributed by atoms with E-state index in [0.29, 0.717) is 28.7 Å². The van der Waals surface area contributed by atoms with Crippen LogP contribution in [0.2, 0.25) is 0 Å². The molecule has 1 amide bonds. The van der Waals surface area contributed by atoms with E-state index in [1.807, 2.05) is 32.0 Å². The van der Waals surface area contributed by atoms with E-state index in [0.717, 1.165) is 42.7 Å². The summed E-state index contributed by atoms with van der Waals surface area (Å²) in [5, 5.41) is 30.3. The van der Waals surface area contributed by atoms with Crippen molar-refractivity contribution >= 4 is 29.1 Å². The van der Waals surface area contributed by atoms with Crippen molar-refractivity contribution in [3.8, 4) is 6.07 Å². The van der Waals surface area contributed by atoms with Crippen LogP contribution in [0, 0.1) is 16.7 Å². The average molecular weight is 430 g/mol. The van der Waals surface area contributed by atoms with Crippen molar-refractivity contribution in [3.63, 3.8) is 0 Å². The number of guanidine groups is 1. The molecule has 1 saturated heterocycles. The Labute approximate surface area is 187 Å². The summed E-state index contributed by atoms with van der Waals surface area (Å²) >= 11 is 0. The van der Waals surface area contributed by atoms with Gasteiger partial charge < -0.3 is 21.3 Å². The molecule has 8 nitrogen and oxygen atoms in total. The molecule has 1 heterocycles. The lowest BCUT2D eigenvalue weighted by Gasteiger charge is -2.15. The van der Waals surface area contributed by atoms with E-state index >= 15 is 0 Å². The molecule has 1 saturated carbocycles. The Hall–Kier alpha value is -3.86. The molecule has 1 aliphatic carbocycles. The van der Waals surface area contributed by atoms with E-state index in [1.54, 1.807) is 18.2 Å². The summed E-state index contributed by atoms with van der Waals surface area (Å²) in [7, 11) is 0. The maximum atomic E-state index is 12.5. The van der Waals surface area contributed by atoms with Crippen LogP contribution in [-0.4, -0.2) is 36.8 Å². The number of amidine groups is 1. The van der Waals surface area contributed by atoms with Crippen molar-refractivity contribution in [2.45, 2.75) is 38.6 Å². The molecular formula is C24H27N7O. The largest absolute Gasteiger partial charge is 0.355 e. The van der Waals surface area contributed by atoms with Gasteiger partial charge in [0.25, 0.3) is 5.91 Å². The van der Waals surface area contributed by atoms with Crippen LogP contribution >= 0.6 is 0 Å². The van der Waals surface area contributed by atoms with Crippen molar-refractivity contribution in [1.82, 2.24) is 16.0 Å². The van der Waals surface area contributed by atoms with Crippen molar-refractivity contribution in [2.75, 3.05) is 18.4 Å². The first-order valence-electron chi connectivity index (χ1n) is 10.9. The molecule has 4 rings (SSSR count). The Morgan fingerprint density at radius 3 is 2.56 bits per heavy atom. The fourth-order valence-corrected chi connectivity index (χ4v) is 3.63. The van der Waals surface area contributed by atoms with Gasteiger partial charge in [-0.15, -0.1) is 0 Å². The average Bonchev–Trinajstić information content (AvgIpc) is 3.49. The number of amides is 1. The van der Waals surface area contributed by atoms with Crippen molar-refractivity contribution in [1.29, 1.82) is 10.7 Å². The Morgan fingerprint density at radius 1 is 1.16 bits per heavy atom. The maximum absolute atomic E-state index is 12.5. The monoisotopic (exact) mass is 429 g/mol. The smallest absolute Gasteiger partial charge is 0.251 e. The summed E-state index contributed by atoms with van der Waals surface area (Å²) in [4.78, 5) is 16.8. The van der Waals surface area contributed by atoms with E-state index in [2.05, 4.69) is 32.3 Å². The molecule has 0 spiro atoms. The molecule has 1 aliphatic heterocycles. The van der Waals surface area contributed by atoms with Gasteiger partial charge in [-0.05, 0) is 74.6 Å². The van der Waals surface area contributed by atoms with Crippen LogP contribution in [0.3, 0.4) is 0 Å². The van der Waals surface area contributed by atoms with E-state index in [4.69, 9.17) is 5.41 Å². The number of hydrogen-bond acceptors (Lipinski definition) is 4. The van der Waals surface area contributed by atoms with E-state index in [1.165, 1.54) is 0 Å². The zero-order valence-electron chi connectivity index (χ0n) is 18.2.